The first-order valence-corrected chi connectivity index (χ1v) is 10.9. The van der Waals surface area contributed by atoms with Crippen LogP contribution in [0.1, 0.15) is 11.4 Å². The molecule has 1 aromatic heterocycles. The van der Waals surface area contributed by atoms with Crippen molar-refractivity contribution in [2.24, 2.45) is 0 Å². The SMILES string of the molecule is O=C(O)/C=C/c1nc2c(n1CCc1ccccc1)-c1ccccc1Sc1ccccc1-2. The van der Waals surface area contributed by atoms with Crippen molar-refractivity contribution >= 4 is 23.8 Å². The Morgan fingerprint density at radius 3 is 2.29 bits per heavy atom. The zero-order valence-corrected chi connectivity index (χ0v) is 17.5. The van der Waals surface area contributed by atoms with Crippen LogP contribution in [0.5, 0.6) is 0 Å². The van der Waals surface area contributed by atoms with E-state index in [0.717, 1.165) is 39.9 Å². The van der Waals surface area contributed by atoms with Gasteiger partial charge in [0.25, 0.3) is 0 Å². The van der Waals surface area contributed by atoms with Gasteiger partial charge in [-0.1, -0.05) is 78.5 Å². The van der Waals surface area contributed by atoms with E-state index in [1.807, 2.05) is 36.4 Å². The van der Waals surface area contributed by atoms with Crippen LogP contribution < -0.4 is 0 Å². The lowest BCUT2D eigenvalue weighted by molar-refractivity contribution is -0.131. The summed E-state index contributed by atoms with van der Waals surface area (Å²) >= 11 is 1.75. The van der Waals surface area contributed by atoms with Gasteiger partial charge in [0.05, 0.1) is 11.4 Å². The first-order valence-electron chi connectivity index (χ1n) is 10.1. The number of rotatable bonds is 5. The van der Waals surface area contributed by atoms with Crippen LogP contribution in [0.4, 0.5) is 0 Å². The second kappa shape index (κ2) is 8.28. The molecule has 2 heterocycles. The van der Waals surface area contributed by atoms with Gasteiger partial charge in [0.2, 0.25) is 0 Å². The fourth-order valence-electron chi connectivity index (χ4n) is 3.94. The molecule has 5 rings (SSSR count). The standard InChI is InChI=1S/C26H20N2O2S/c29-24(30)15-14-23-27-25-19-10-4-6-12-21(19)31-22-13-7-5-11-20(22)26(25)28(23)17-16-18-8-2-1-3-9-18/h1-15H,16-17H2,(H,29,30)/b15-14+. The van der Waals surface area contributed by atoms with E-state index in [2.05, 4.69) is 47.0 Å². The minimum absolute atomic E-state index is 0.653. The zero-order valence-electron chi connectivity index (χ0n) is 16.7. The van der Waals surface area contributed by atoms with Crippen LogP contribution in [-0.4, -0.2) is 20.6 Å². The number of hydrogen-bond acceptors (Lipinski definition) is 3. The molecule has 0 atom stereocenters. The number of nitrogens with zero attached hydrogens (tertiary/aromatic N) is 2. The maximum Gasteiger partial charge on any atom is 0.328 e. The Balaban J connectivity index is 1.72. The molecule has 0 radical (unpaired) electrons. The average molecular weight is 425 g/mol. The molecule has 0 amide bonds. The lowest BCUT2D eigenvalue weighted by Gasteiger charge is -2.13. The highest BCUT2D eigenvalue weighted by atomic mass is 32.2. The van der Waals surface area contributed by atoms with Gasteiger partial charge in [-0.3, -0.25) is 0 Å². The van der Waals surface area contributed by atoms with Crippen molar-refractivity contribution in [3.63, 3.8) is 0 Å². The second-order valence-corrected chi connectivity index (χ2v) is 8.40. The third-order valence-corrected chi connectivity index (χ3v) is 6.50. The predicted molar refractivity (Wildman–Crippen MR) is 124 cm³/mol. The van der Waals surface area contributed by atoms with Crippen molar-refractivity contribution in [3.05, 3.63) is 96.3 Å². The van der Waals surface area contributed by atoms with Crippen molar-refractivity contribution in [1.82, 2.24) is 9.55 Å². The molecule has 1 aliphatic rings. The summed E-state index contributed by atoms with van der Waals surface area (Å²) in [4.78, 5) is 18.5. The largest absolute Gasteiger partial charge is 0.478 e. The van der Waals surface area contributed by atoms with E-state index in [9.17, 15) is 9.90 Å². The summed E-state index contributed by atoms with van der Waals surface area (Å²) in [5.74, 6) is -0.330. The van der Waals surface area contributed by atoms with Gasteiger partial charge in [-0.25, -0.2) is 9.78 Å². The Morgan fingerprint density at radius 1 is 0.903 bits per heavy atom. The Kier molecular flexibility index (Phi) is 5.18. The van der Waals surface area contributed by atoms with Crippen LogP contribution in [0, 0.1) is 0 Å². The molecule has 4 aromatic rings. The van der Waals surface area contributed by atoms with E-state index >= 15 is 0 Å². The summed E-state index contributed by atoms with van der Waals surface area (Å²) in [6.07, 6.45) is 3.59. The third kappa shape index (κ3) is 3.80. The van der Waals surface area contributed by atoms with Gasteiger partial charge in [0, 0.05) is 33.5 Å². The van der Waals surface area contributed by atoms with Crippen LogP contribution in [0.3, 0.4) is 0 Å². The maximum absolute atomic E-state index is 11.2. The summed E-state index contributed by atoms with van der Waals surface area (Å²) in [6.45, 7) is 0.701. The Hall–Kier alpha value is -3.57. The first kappa shape index (κ1) is 19.4. The zero-order chi connectivity index (χ0) is 21.2. The normalized spacial score (nSPS) is 12.1. The third-order valence-electron chi connectivity index (χ3n) is 5.34. The highest BCUT2D eigenvalue weighted by Crippen LogP contribution is 2.47. The quantitative estimate of drug-likeness (QED) is 0.350. The number of aryl methyl sites for hydroxylation is 1. The Bertz CT molecular complexity index is 1290. The molecule has 0 unspecified atom stereocenters. The smallest absolute Gasteiger partial charge is 0.328 e. The van der Waals surface area contributed by atoms with E-state index in [0.29, 0.717) is 12.4 Å². The highest BCUT2D eigenvalue weighted by Gasteiger charge is 2.26. The molecule has 1 aliphatic heterocycles. The van der Waals surface area contributed by atoms with Gasteiger partial charge in [-0.05, 0) is 30.2 Å². The Morgan fingerprint density at radius 2 is 1.55 bits per heavy atom. The van der Waals surface area contributed by atoms with Crippen LogP contribution in [-0.2, 0) is 17.8 Å². The summed E-state index contributed by atoms with van der Waals surface area (Å²) in [6, 6.07) is 26.9. The highest BCUT2D eigenvalue weighted by molar-refractivity contribution is 7.99. The van der Waals surface area contributed by atoms with Crippen molar-refractivity contribution in [2.45, 2.75) is 22.8 Å². The molecule has 0 saturated carbocycles. The summed E-state index contributed by atoms with van der Waals surface area (Å²) < 4.78 is 2.16. The molecular formula is C26H20N2O2S. The molecule has 0 saturated heterocycles. The molecule has 152 valence electrons. The van der Waals surface area contributed by atoms with Crippen molar-refractivity contribution in [2.75, 3.05) is 0 Å². The summed E-state index contributed by atoms with van der Waals surface area (Å²) in [5.41, 5.74) is 5.35. The van der Waals surface area contributed by atoms with Crippen LogP contribution in [0.2, 0.25) is 0 Å². The topological polar surface area (TPSA) is 55.1 Å². The molecule has 0 fully saturated rings. The maximum atomic E-state index is 11.2. The number of benzene rings is 3. The minimum atomic E-state index is -0.982. The number of aliphatic carboxylic acids is 1. The van der Waals surface area contributed by atoms with E-state index in [-0.39, 0.29) is 0 Å². The monoisotopic (exact) mass is 424 g/mol. The van der Waals surface area contributed by atoms with Crippen LogP contribution in [0.15, 0.2) is 94.7 Å². The molecule has 31 heavy (non-hydrogen) atoms. The number of carbonyl (C=O) groups is 1. The minimum Gasteiger partial charge on any atom is -0.478 e. The van der Waals surface area contributed by atoms with Crippen LogP contribution >= 0.6 is 11.8 Å². The van der Waals surface area contributed by atoms with E-state index in [4.69, 9.17) is 4.98 Å². The molecule has 0 bridgehead atoms. The van der Waals surface area contributed by atoms with Gasteiger partial charge in [0.1, 0.15) is 5.82 Å². The van der Waals surface area contributed by atoms with Gasteiger partial charge < -0.3 is 9.67 Å². The molecule has 0 aliphatic carbocycles. The lowest BCUT2D eigenvalue weighted by Crippen LogP contribution is -2.06. The van der Waals surface area contributed by atoms with E-state index < -0.39 is 5.97 Å². The fraction of sp³-hybridized carbons (Fsp3) is 0.0769. The van der Waals surface area contributed by atoms with Gasteiger partial charge in [-0.2, -0.15) is 0 Å². The number of imidazole rings is 1. The van der Waals surface area contributed by atoms with Crippen molar-refractivity contribution in [3.8, 4) is 22.5 Å². The number of aromatic nitrogens is 2. The predicted octanol–water partition coefficient (Wildman–Crippen LogP) is 6.02. The fourth-order valence-corrected chi connectivity index (χ4v) is 5.02. The molecule has 1 N–H and O–H groups in total. The Labute approximate surface area is 184 Å². The first-order chi connectivity index (χ1) is 15.2. The summed E-state index contributed by atoms with van der Waals surface area (Å²) in [7, 11) is 0. The van der Waals surface area contributed by atoms with Gasteiger partial charge in [-0.15, -0.1) is 0 Å². The molecule has 3 aromatic carbocycles. The molecule has 0 spiro atoms. The molecule has 4 nitrogen and oxygen atoms in total. The lowest BCUT2D eigenvalue weighted by atomic mass is 10.0. The molecular weight excluding hydrogens is 404 g/mol. The average Bonchev–Trinajstić information content (AvgIpc) is 3.09. The number of fused-ring (bicyclic) bond motifs is 5. The summed E-state index contributed by atoms with van der Waals surface area (Å²) in [5, 5.41) is 9.21. The van der Waals surface area contributed by atoms with Crippen LogP contribution in [0.25, 0.3) is 28.6 Å². The second-order valence-electron chi connectivity index (χ2n) is 7.32. The number of carboxylic acid groups (broad SMARTS) is 1. The van der Waals surface area contributed by atoms with E-state index in [1.165, 1.54) is 10.5 Å². The van der Waals surface area contributed by atoms with Crippen molar-refractivity contribution in [1.29, 1.82) is 0 Å². The number of carboxylic acids is 1. The van der Waals surface area contributed by atoms with Crippen molar-refractivity contribution < 1.29 is 9.90 Å². The molecule has 5 heteroatoms. The van der Waals surface area contributed by atoms with E-state index in [1.54, 1.807) is 17.8 Å². The van der Waals surface area contributed by atoms with Gasteiger partial charge in [0.15, 0.2) is 0 Å². The van der Waals surface area contributed by atoms with Gasteiger partial charge >= 0.3 is 5.97 Å². The number of hydrogen-bond donors (Lipinski definition) is 1.